The number of thioether (sulfide) groups is 1. The number of phenolic OH excluding ortho intramolecular Hbond substituents is 1. The van der Waals surface area contributed by atoms with Crippen molar-refractivity contribution in [3.8, 4) is 17.1 Å². The SMILES string of the molecule is Cc1cc(C)cc(NC(=O)CSc2nnc(-c3ccc(O)cc3)n2Cc2ccco2)c1. The molecule has 0 radical (unpaired) electrons. The number of aromatic hydroxyl groups is 1. The van der Waals surface area contributed by atoms with E-state index in [1.165, 1.54) is 11.8 Å². The van der Waals surface area contributed by atoms with E-state index in [0.29, 0.717) is 17.5 Å². The number of furan rings is 1. The van der Waals surface area contributed by atoms with Gasteiger partial charge in [0, 0.05) is 11.3 Å². The summed E-state index contributed by atoms with van der Waals surface area (Å²) in [5, 5.41) is 21.7. The van der Waals surface area contributed by atoms with Gasteiger partial charge in [-0.3, -0.25) is 9.36 Å². The summed E-state index contributed by atoms with van der Waals surface area (Å²) < 4.78 is 7.40. The van der Waals surface area contributed by atoms with Crippen LogP contribution in [0.3, 0.4) is 0 Å². The fourth-order valence-corrected chi connectivity index (χ4v) is 4.03. The van der Waals surface area contributed by atoms with E-state index in [9.17, 15) is 9.90 Å². The van der Waals surface area contributed by atoms with Crippen molar-refractivity contribution in [2.75, 3.05) is 11.1 Å². The van der Waals surface area contributed by atoms with Crippen molar-refractivity contribution in [2.24, 2.45) is 0 Å². The van der Waals surface area contributed by atoms with Crippen molar-refractivity contribution in [3.63, 3.8) is 0 Å². The molecule has 158 valence electrons. The summed E-state index contributed by atoms with van der Waals surface area (Å²) in [6, 6.07) is 16.4. The first-order valence-electron chi connectivity index (χ1n) is 9.74. The Hall–Kier alpha value is -3.52. The summed E-state index contributed by atoms with van der Waals surface area (Å²) in [6.07, 6.45) is 1.62. The van der Waals surface area contributed by atoms with Crippen LogP contribution in [0.5, 0.6) is 5.75 Å². The molecule has 8 heteroatoms. The van der Waals surface area contributed by atoms with Crippen molar-refractivity contribution in [2.45, 2.75) is 25.5 Å². The van der Waals surface area contributed by atoms with Gasteiger partial charge in [0.25, 0.3) is 0 Å². The molecule has 1 amide bonds. The van der Waals surface area contributed by atoms with E-state index in [1.54, 1.807) is 30.5 Å². The monoisotopic (exact) mass is 434 g/mol. The van der Waals surface area contributed by atoms with Crippen LogP contribution in [-0.2, 0) is 11.3 Å². The lowest BCUT2D eigenvalue weighted by molar-refractivity contribution is -0.113. The molecule has 0 spiro atoms. The van der Waals surface area contributed by atoms with E-state index in [0.717, 1.165) is 28.1 Å². The van der Waals surface area contributed by atoms with E-state index in [4.69, 9.17) is 4.42 Å². The molecule has 31 heavy (non-hydrogen) atoms. The Morgan fingerprint density at radius 1 is 1.10 bits per heavy atom. The molecule has 0 aliphatic rings. The number of hydrogen-bond acceptors (Lipinski definition) is 6. The van der Waals surface area contributed by atoms with Gasteiger partial charge in [-0.05, 0) is 73.5 Å². The van der Waals surface area contributed by atoms with Gasteiger partial charge in [0.15, 0.2) is 11.0 Å². The summed E-state index contributed by atoms with van der Waals surface area (Å²) >= 11 is 1.31. The Labute approximate surface area is 184 Å². The number of nitrogens with one attached hydrogen (secondary N) is 1. The maximum Gasteiger partial charge on any atom is 0.234 e. The van der Waals surface area contributed by atoms with E-state index in [-0.39, 0.29) is 17.4 Å². The Bertz CT molecular complexity index is 1160. The largest absolute Gasteiger partial charge is 0.508 e. The highest BCUT2D eigenvalue weighted by atomic mass is 32.2. The first kappa shape index (κ1) is 20.7. The third kappa shape index (κ3) is 5.16. The lowest BCUT2D eigenvalue weighted by atomic mass is 10.1. The van der Waals surface area contributed by atoms with Gasteiger partial charge < -0.3 is 14.8 Å². The van der Waals surface area contributed by atoms with Crippen LogP contribution < -0.4 is 5.32 Å². The van der Waals surface area contributed by atoms with Crippen LogP contribution in [0.15, 0.2) is 70.4 Å². The lowest BCUT2D eigenvalue weighted by Crippen LogP contribution is -2.15. The first-order chi connectivity index (χ1) is 15.0. The van der Waals surface area contributed by atoms with E-state index < -0.39 is 0 Å². The number of anilines is 1. The third-order valence-electron chi connectivity index (χ3n) is 4.57. The van der Waals surface area contributed by atoms with Gasteiger partial charge in [-0.1, -0.05) is 17.8 Å². The summed E-state index contributed by atoms with van der Waals surface area (Å²) in [6.45, 7) is 4.43. The van der Waals surface area contributed by atoms with Crippen molar-refractivity contribution >= 4 is 23.4 Å². The number of hydrogen-bond donors (Lipinski definition) is 2. The number of aromatic nitrogens is 3. The van der Waals surface area contributed by atoms with Gasteiger partial charge in [0.05, 0.1) is 18.6 Å². The highest BCUT2D eigenvalue weighted by molar-refractivity contribution is 7.99. The highest BCUT2D eigenvalue weighted by Crippen LogP contribution is 2.27. The van der Waals surface area contributed by atoms with Gasteiger partial charge in [0.2, 0.25) is 5.91 Å². The molecule has 7 nitrogen and oxygen atoms in total. The summed E-state index contributed by atoms with van der Waals surface area (Å²) in [5.41, 5.74) is 3.78. The second kappa shape index (κ2) is 9.09. The molecule has 0 saturated heterocycles. The molecule has 0 saturated carbocycles. The molecule has 4 rings (SSSR count). The van der Waals surface area contributed by atoms with Crippen LogP contribution in [0, 0.1) is 13.8 Å². The molecule has 0 bridgehead atoms. The summed E-state index contributed by atoms with van der Waals surface area (Å²) in [7, 11) is 0. The van der Waals surface area contributed by atoms with Crippen molar-refractivity contribution in [3.05, 3.63) is 77.7 Å². The number of nitrogens with zero attached hydrogens (tertiary/aromatic N) is 3. The van der Waals surface area contributed by atoms with Gasteiger partial charge in [-0.15, -0.1) is 10.2 Å². The van der Waals surface area contributed by atoms with Crippen LogP contribution in [0.1, 0.15) is 16.9 Å². The minimum absolute atomic E-state index is 0.117. The quantitative estimate of drug-likeness (QED) is 0.412. The molecule has 2 aromatic heterocycles. The zero-order chi connectivity index (χ0) is 21.8. The molecule has 2 aromatic carbocycles. The molecule has 2 heterocycles. The van der Waals surface area contributed by atoms with E-state index >= 15 is 0 Å². The zero-order valence-electron chi connectivity index (χ0n) is 17.2. The second-order valence-corrected chi connectivity index (χ2v) is 8.17. The van der Waals surface area contributed by atoms with Crippen molar-refractivity contribution < 1.29 is 14.3 Å². The first-order valence-corrected chi connectivity index (χ1v) is 10.7. The number of amides is 1. The average Bonchev–Trinajstić information content (AvgIpc) is 3.37. The molecule has 0 aliphatic heterocycles. The van der Waals surface area contributed by atoms with Gasteiger partial charge in [-0.25, -0.2) is 0 Å². The predicted octanol–water partition coefficient (Wildman–Crippen LogP) is 4.64. The number of carbonyl (C=O) groups is 1. The van der Waals surface area contributed by atoms with Gasteiger partial charge in [0.1, 0.15) is 11.5 Å². The molecule has 0 fully saturated rings. The van der Waals surface area contributed by atoms with Crippen LogP contribution in [0.4, 0.5) is 5.69 Å². The number of rotatable bonds is 7. The van der Waals surface area contributed by atoms with Crippen LogP contribution >= 0.6 is 11.8 Å². The molecule has 4 aromatic rings. The lowest BCUT2D eigenvalue weighted by Gasteiger charge is -2.10. The summed E-state index contributed by atoms with van der Waals surface area (Å²) in [5.74, 6) is 1.64. The van der Waals surface area contributed by atoms with Gasteiger partial charge in [-0.2, -0.15) is 0 Å². The van der Waals surface area contributed by atoms with Crippen LogP contribution in [0.2, 0.25) is 0 Å². The fraction of sp³-hybridized carbons (Fsp3) is 0.174. The zero-order valence-corrected chi connectivity index (χ0v) is 18.0. The Kier molecular flexibility index (Phi) is 6.08. The number of phenols is 1. The molecule has 2 N–H and O–H groups in total. The normalized spacial score (nSPS) is 10.9. The summed E-state index contributed by atoms with van der Waals surface area (Å²) in [4.78, 5) is 12.5. The molecule has 0 unspecified atom stereocenters. The minimum Gasteiger partial charge on any atom is -0.508 e. The highest BCUT2D eigenvalue weighted by Gasteiger charge is 2.17. The molecule has 0 aliphatic carbocycles. The minimum atomic E-state index is -0.117. The smallest absolute Gasteiger partial charge is 0.234 e. The van der Waals surface area contributed by atoms with E-state index in [2.05, 4.69) is 21.6 Å². The topological polar surface area (TPSA) is 93.2 Å². The predicted molar refractivity (Wildman–Crippen MR) is 120 cm³/mol. The maximum absolute atomic E-state index is 12.5. The average molecular weight is 435 g/mol. The van der Waals surface area contributed by atoms with Gasteiger partial charge >= 0.3 is 0 Å². The maximum atomic E-state index is 12.5. The van der Waals surface area contributed by atoms with E-state index in [1.807, 2.05) is 42.7 Å². The molecular weight excluding hydrogens is 412 g/mol. The number of aryl methyl sites for hydroxylation is 2. The van der Waals surface area contributed by atoms with Crippen LogP contribution in [-0.4, -0.2) is 31.5 Å². The molecular formula is C23H22N4O3S. The van der Waals surface area contributed by atoms with Crippen molar-refractivity contribution in [1.29, 1.82) is 0 Å². The third-order valence-corrected chi connectivity index (χ3v) is 5.54. The molecule has 0 atom stereocenters. The second-order valence-electron chi connectivity index (χ2n) is 7.23. The Morgan fingerprint density at radius 2 is 1.84 bits per heavy atom. The standard InChI is InChI=1S/C23H22N4O3S/c1-15-10-16(2)12-18(11-15)24-21(29)14-31-23-26-25-22(17-5-7-19(28)8-6-17)27(23)13-20-4-3-9-30-20/h3-12,28H,13-14H2,1-2H3,(H,24,29). The van der Waals surface area contributed by atoms with Crippen molar-refractivity contribution in [1.82, 2.24) is 14.8 Å². The van der Waals surface area contributed by atoms with Crippen LogP contribution in [0.25, 0.3) is 11.4 Å². The Balaban J connectivity index is 1.53. The number of benzene rings is 2. The Morgan fingerprint density at radius 3 is 2.52 bits per heavy atom. The number of carbonyl (C=O) groups excluding carboxylic acids is 1. The fourth-order valence-electron chi connectivity index (χ4n) is 3.29.